The van der Waals surface area contributed by atoms with E-state index in [-0.39, 0.29) is 17.9 Å². The number of carbonyl (C=O) groups excluding carboxylic acids is 1. The van der Waals surface area contributed by atoms with Gasteiger partial charge in [0.2, 0.25) is 0 Å². The van der Waals surface area contributed by atoms with Gasteiger partial charge >= 0.3 is 12.1 Å². The summed E-state index contributed by atoms with van der Waals surface area (Å²) in [4.78, 5) is 22.9. The third-order valence-electron chi connectivity index (χ3n) is 2.67. The second-order valence-corrected chi connectivity index (χ2v) is 5.75. The predicted molar refractivity (Wildman–Crippen MR) is 79.2 cm³/mol. The SMILES string of the molecule is COc1ccc(CC(NC(=O)OC(C)(C)C)C(=O)O)cc1O. The van der Waals surface area contributed by atoms with Gasteiger partial charge in [-0.3, -0.25) is 0 Å². The molecule has 0 saturated carbocycles. The maximum absolute atomic E-state index is 11.7. The lowest BCUT2D eigenvalue weighted by Gasteiger charge is -2.22. The molecule has 1 unspecified atom stereocenters. The van der Waals surface area contributed by atoms with Crippen LogP contribution in [0.25, 0.3) is 0 Å². The zero-order valence-electron chi connectivity index (χ0n) is 13.0. The third-order valence-corrected chi connectivity index (χ3v) is 2.67. The van der Waals surface area contributed by atoms with Crippen LogP contribution in [0.15, 0.2) is 18.2 Å². The molecule has 0 saturated heterocycles. The Labute approximate surface area is 128 Å². The number of amides is 1. The maximum Gasteiger partial charge on any atom is 0.408 e. The topological polar surface area (TPSA) is 105 Å². The first-order chi connectivity index (χ1) is 10.1. The number of benzene rings is 1. The number of alkyl carbamates (subject to hydrolysis) is 1. The van der Waals surface area contributed by atoms with Crippen LogP contribution in [0.4, 0.5) is 4.79 Å². The van der Waals surface area contributed by atoms with Crippen molar-refractivity contribution in [2.75, 3.05) is 7.11 Å². The molecule has 0 aliphatic carbocycles. The molecule has 0 bridgehead atoms. The van der Waals surface area contributed by atoms with E-state index in [9.17, 15) is 19.8 Å². The molecular formula is C15H21NO6. The van der Waals surface area contributed by atoms with E-state index in [2.05, 4.69) is 5.32 Å². The second-order valence-electron chi connectivity index (χ2n) is 5.75. The van der Waals surface area contributed by atoms with Gasteiger partial charge in [0.1, 0.15) is 11.6 Å². The lowest BCUT2D eigenvalue weighted by Crippen LogP contribution is -2.44. The van der Waals surface area contributed by atoms with Crippen molar-refractivity contribution in [1.82, 2.24) is 5.32 Å². The van der Waals surface area contributed by atoms with Crippen LogP contribution < -0.4 is 10.1 Å². The molecule has 0 radical (unpaired) electrons. The van der Waals surface area contributed by atoms with Crippen LogP contribution in [0, 0.1) is 0 Å². The molecule has 1 aromatic rings. The normalized spacial score (nSPS) is 12.4. The summed E-state index contributed by atoms with van der Waals surface area (Å²) < 4.78 is 9.95. The summed E-state index contributed by atoms with van der Waals surface area (Å²) in [6, 6.07) is 3.37. The fourth-order valence-electron chi connectivity index (χ4n) is 1.75. The van der Waals surface area contributed by atoms with E-state index in [0.717, 1.165) is 0 Å². The zero-order valence-corrected chi connectivity index (χ0v) is 13.0. The van der Waals surface area contributed by atoms with Crippen molar-refractivity contribution >= 4 is 12.1 Å². The first kappa shape index (κ1) is 17.6. The monoisotopic (exact) mass is 311 g/mol. The van der Waals surface area contributed by atoms with Gasteiger partial charge in [-0.15, -0.1) is 0 Å². The summed E-state index contributed by atoms with van der Waals surface area (Å²) in [5.74, 6) is -1.00. The number of carbonyl (C=O) groups is 2. The highest BCUT2D eigenvalue weighted by Gasteiger charge is 2.24. The molecule has 7 heteroatoms. The Bertz CT molecular complexity index is 549. The molecule has 0 heterocycles. The Morgan fingerprint density at radius 3 is 2.41 bits per heavy atom. The van der Waals surface area contributed by atoms with E-state index in [1.807, 2.05) is 0 Å². The number of rotatable bonds is 5. The Morgan fingerprint density at radius 2 is 1.95 bits per heavy atom. The van der Waals surface area contributed by atoms with Crippen molar-refractivity contribution in [1.29, 1.82) is 0 Å². The first-order valence-corrected chi connectivity index (χ1v) is 6.70. The number of aliphatic carboxylic acids is 1. The summed E-state index contributed by atoms with van der Waals surface area (Å²) in [6.07, 6.45) is -0.802. The van der Waals surface area contributed by atoms with Crippen LogP contribution in [0.1, 0.15) is 26.3 Å². The van der Waals surface area contributed by atoms with E-state index in [1.165, 1.54) is 19.2 Å². The van der Waals surface area contributed by atoms with Crippen molar-refractivity contribution in [2.24, 2.45) is 0 Å². The average Bonchev–Trinajstić information content (AvgIpc) is 2.35. The molecule has 7 nitrogen and oxygen atoms in total. The van der Waals surface area contributed by atoms with Gasteiger partial charge in [-0.2, -0.15) is 0 Å². The van der Waals surface area contributed by atoms with Gasteiger partial charge in [0.15, 0.2) is 11.5 Å². The fourth-order valence-corrected chi connectivity index (χ4v) is 1.75. The van der Waals surface area contributed by atoms with Gasteiger partial charge < -0.3 is 25.0 Å². The van der Waals surface area contributed by atoms with E-state index in [1.54, 1.807) is 26.8 Å². The van der Waals surface area contributed by atoms with Gasteiger partial charge in [-0.05, 0) is 38.5 Å². The molecule has 1 aromatic carbocycles. The van der Waals surface area contributed by atoms with Gasteiger partial charge in [-0.25, -0.2) is 9.59 Å². The minimum atomic E-state index is -1.19. The lowest BCUT2D eigenvalue weighted by atomic mass is 10.1. The van der Waals surface area contributed by atoms with Crippen LogP contribution >= 0.6 is 0 Å². The molecule has 22 heavy (non-hydrogen) atoms. The van der Waals surface area contributed by atoms with Crippen LogP contribution in [-0.2, 0) is 16.0 Å². The van der Waals surface area contributed by atoms with Gasteiger partial charge in [0.05, 0.1) is 7.11 Å². The average molecular weight is 311 g/mol. The Kier molecular flexibility index (Phi) is 5.62. The molecule has 1 amide bonds. The lowest BCUT2D eigenvalue weighted by molar-refractivity contribution is -0.139. The highest BCUT2D eigenvalue weighted by atomic mass is 16.6. The van der Waals surface area contributed by atoms with Crippen LogP contribution in [0.2, 0.25) is 0 Å². The van der Waals surface area contributed by atoms with E-state index in [0.29, 0.717) is 5.56 Å². The summed E-state index contributed by atoms with van der Waals surface area (Å²) >= 11 is 0. The van der Waals surface area contributed by atoms with Crippen molar-refractivity contribution < 1.29 is 29.3 Å². The first-order valence-electron chi connectivity index (χ1n) is 6.70. The third kappa shape index (κ3) is 5.51. The molecular weight excluding hydrogens is 290 g/mol. The maximum atomic E-state index is 11.7. The van der Waals surface area contributed by atoms with Gasteiger partial charge in [0.25, 0.3) is 0 Å². The summed E-state index contributed by atoms with van der Waals surface area (Å²) in [7, 11) is 1.42. The number of aromatic hydroxyl groups is 1. The minimum absolute atomic E-state index is 0.00608. The number of carboxylic acid groups (broad SMARTS) is 1. The van der Waals surface area contributed by atoms with E-state index < -0.39 is 23.7 Å². The standard InChI is InChI=1S/C15H21NO6/c1-15(2,3)22-14(20)16-10(13(18)19)7-9-5-6-12(21-4)11(17)8-9/h5-6,8,10,17H,7H2,1-4H3,(H,16,20)(H,18,19). The number of methoxy groups -OCH3 is 1. The molecule has 1 atom stereocenters. The van der Waals surface area contributed by atoms with Crippen LogP contribution in [0.5, 0.6) is 11.5 Å². The van der Waals surface area contributed by atoms with E-state index >= 15 is 0 Å². The van der Waals surface area contributed by atoms with Crippen molar-refractivity contribution in [3.05, 3.63) is 23.8 Å². The smallest absolute Gasteiger partial charge is 0.408 e. The number of hydrogen-bond acceptors (Lipinski definition) is 5. The highest BCUT2D eigenvalue weighted by Crippen LogP contribution is 2.26. The number of carboxylic acids is 1. The Balaban J connectivity index is 2.78. The molecule has 1 rings (SSSR count). The molecule has 0 aromatic heterocycles. The molecule has 0 fully saturated rings. The minimum Gasteiger partial charge on any atom is -0.504 e. The summed E-state index contributed by atoms with van der Waals surface area (Å²) in [5.41, 5.74) is -0.173. The highest BCUT2D eigenvalue weighted by molar-refractivity contribution is 5.80. The number of phenolic OH excluding ortho intramolecular Hbond substituents is 1. The second kappa shape index (κ2) is 7.02. The van der Waals surface area contributed by atoms with Crippen LogP contribution in [-0.4, -0.2) is 41.0 Å². The molecule has 0 spiro atoms. The molecule has 0 aliphatic heterocycles. The van der Waals surface area contributed by atoms with E-state index in [4.69, 9.17) is 9.47 Å². The predicted octanol–water partition coefficient (Wildman–Crippen LogP) is 1.92. The van der Waals surface area contributed by atoms with Crippen molar-refractivity contribution in [2.45, 2.75) is 38.8 Å². The number of nitrogens with one attached hydrogen (secondary N) is 1. The quantitative estimate of drug-likeness (QED) is 0.767. The molecule has 3 N–H and O–H groups in total. The molecule has 0 aliphatic rings. The summed E-state index contributed by atoms with van der Waals surface area (Å²) in [6.45, 7) is 5.05. The zero-order chi connectivity index (χ0) is 16.9. The largest absolute Gasteiger partial charge is 0.504 e. The fraction of sp³-hybridized carbons (Fsp3) is 0.467. The van der Waals surface area contributed by atoms with Gasteiger partial charge in [0, 0.05) is 6.42 Å². The Hall–Kier alpha value is -2.44. The van der Waals surface area contributed by atoms with Crippen LogP contribution in [0.3, 0.4) is 0 Å². The van der Waals surface area contributed by atoms with Crippen molar-refractivity contribution in [3.63, 3.8) is 0 Å². The number of ether oxygens (including phenoxy) is 2. The number of phenols is 1. The summed E-state index contributed by atoms with van der Waals surface area (Å²) in [5, 5.41) is 21.2. The number of hydrogen-bond donors (Lipinski definition) is 3. The van der Waals surface area contributed by atoms with Gasteiger partial charge in [-0.1, -0.05) is 6.07 Å². The van der Waals surface area contributed by atoms with Crippen molar-refractivity contribution in [3.8, 4) is 11.5 Å². The molecule has 122 valence electrons. The Morgan fingerprint density at radius 1 is 1.32 bits per heavy atom.